The number of nitrogens with zero attached hydrogens (tertiary/aromatic N) is 3. The molecular weight excluding hydrogens is 310 g/mol. The van der Waals surface area contributed by atoms with Crippen LogP contribution in [0.15, 0.2) is 12.1 Å². The number of fused-ring (bicyclic) bond motifs is 1. The van der Waals surface area contributed by atoms with Gasteiger partial charge in [0.2, 0.25) is 0 Å². The van der Waals surface area contributed by atoms with Gasteiger partial charge in [-0.25, -0.2) is 0 Å². The molecule has 2 heterocycles. The molecule has 25 heavy (non-hydrogen) atoms. The number of piperazine rings is 2. The molecule has 1 aromatic rings. The normalized spacial score (nSPS) is 23.0. The van der Waals surface area contributed by atoms with Gasteiger partial charge in [-0.3, -0.25) is 9.80 Å². The molecule has 0 aliphatic carbocycles. The van der Waals surface area contributed by atoms with Crippen LogP contribution in [-0.2, 0) is 6.54 Å². The first-order valence-electron chi connectivity index (χ1n) is 9.89. The summed E-state index contributed by atoms with van der Waals surface area (Å²) in [7, 11) is 2.25. The Balaban J connectivity index is 1.73. The first-order valence-corrected chi connectivity index (χ1v) is 9.89. The third-order valence-electron chi connectivity index (χ3n) is 5.76. The van der Waals surface area contributed by atoms with Gasteiger partial charge in [0.25, 0.3) is 0 Å². The molecular formula is C21H35N3O. The van der Waals surface area contributed by atoms with E-state index in [1.165, 1.54) is 56.0 Å². The summed E-state index contributed by atoms with van der Waals surface area (Å²) in [4.78, 5) is 7.80. The van der Waals surface area contributed by atoms with Crippen LogP contribution in [0, 0.1) is 6.92 Å². The minimum absolute atomic E-state index is 0.491. The monoisotopic (exact) mass is 345 g/mol. The fraction of sp³-hybridized carbons (Fsp3) is 0.714. The number of hydrogen-bond donors (Lipinski definition) is 0. The predicted octanol–water partition coefficient (Wildman–Crippen LogP) is 2.95. The molecule has 3 rings (SSSR count). The summed E-state index contributed by atoms with van der Waals surface area (Å²) in [5.41, 5.74) is 4.17. The van der Waals surface area contributed by atoms with Crippen LogP contribution in [0.5, 0.6) is 5.75 Å². The van der Waals surface area contributed by atoms with Gasteiger partial charge in [0.1, 0.15) is 5.75 Å². The maximum Gasteiger partial charge on any atom is 0.123 e. The van der Waals surface area contributed by atoms with Crippen LogP contribution in [0.4, 0.5) is 0 Å². The van der Waals surface area contributed by atoms with E-state index in [0.29, 0.717) is 12.0 Å². The fourth-order valence-corrected chi connectivity index (χ4v) is 4.21. The molecule has 2 fully saturated rings. The average molecular weight is 346 g/mol. The van der Waals surface area contributed by atoms with Crippen LogP contribution >= 0.6 is 0 Å². The number of benzene rings is 1. The number of rotatable bonds is 5. The Morgan fingerprint density at radius 2 is 1.88 bits per heavy atom. The van der Waals surface area contributed by atoms with E-state index in [2.05, 4.69) is 61.6 Å². The minimum atomic E-state index is 0.491. The topological polar surface area (TPSA) is 19.0 Å². The van der Waals surface area contributed by atoms with Gasteiger partial charge in [-0.2, -0.15) is 0 Å². The van der Waals surface area contributed by atoms with Gasteiger partial charge in [0.05, 0.1) is 6.61 Å². The summed E-state index contributed by atoms with van der Waals surface area (Å²) in [6.07, 6.45) is 0. The quantitative estimate of drug-likeness (QED) is 0.817. The van der Waals surface area contributed by atoms with Crippen LogP contribution in [0.1, 0.15) is 43.4 Å². The minimum Gasteiger partial charge on any atom is -0.494 e. The van der Waals surface area contributed by atoms with Crippen LogP contribution in [0.2, 0.25) is 0 Å². The molecule has 0 bridgehead atoms. The molecule has 2 aliphatic rings. The molecule has 0 amide bonds. The van der Waals surface area contributed by atoms with Crippen molar-refractivity contribution in [3.63, 3.8) is 0 Å². The zero-order valence-corrected chi connectivity index (χ0v) is 16.7. The number of aryl methyl sites for hydroxylation is 1. The second kappa shape index (κ2) is 8.07. The number of ether oxygens (including phenoxy) is 1. The van der Waals surface area contributed by atoms with Gasteiger partial charge in [0.15, 0.2) is 0 Å². The van der Waals surface area contributed by atoms with E-state index in [4.69, 9.17) is 4.74 Å². The van der Waals surface area contributed by atoms with Crippen LogP contribution < -0.4 is 4.74 Å². The van der Waals surface area contributed by atoms with Crippen molar-refractivity contribution < 1.29 is 4.74 Å². The standard InChI is InChI=1S/C21H35N3O/c1-6-25-21-11-17(4)18(12-20(21)16(2)3)13-23-8-10-24-9-7-22(5)14-19(24)15-23/h11-12,16,19H,6-10,13-15H2,1-5H3/t19-/m0/s1. The molecule has 1 atom stereocenters. The Morgan fingerprint density at radius 3 is 2.60 bits per heavy atom. The fourth-order valence-electron chi connectivity index (χ4n) is 4.21. The molecule has 140 valence electrons. The zero-order chi connectivity index (χ0) is 18.0. The lowest BCUT2D eigenvalue weighted by atomic mass is 9.95. The Labute approximate surface area is 153 Å². The third-order valence-corrected chi connectivity index (χ3v) is 5.76. The molecule has 0 saturated carbocycles. The lowest BCUT2D eigenvalue weighted by molar-refractivity contribution is 0.0174. The summed E-state index contributed by atoms with van der Waals surface area (Å²) in [5.74, 6) is 1.56. The second-order valence-electron chi connectivity index (χ2n) is 8.09. The summed E-state index contributed by atoms with van der Waals surface area (Å²) >= 11 is 0. The lowest BCUT2D eigenvalue weighted by Crippen LogP contribution is -2.61. The van der Waals surface area contributed by atoms with Gasteiger partial charge >= 0.3 is 0 Å². The van der Waals surface area contributed by atoms with Crippen molar-refractivity contribution in [2.45, 2.75) is 46.2 Å². The van der Waals surface area contributed by atoms with E-state index < -0.39 is 0 Å². The van der Waals surface area contributed by atoms with Crippen LogP contribution in [0.3, 0.4) is 0 Å². The van der Waals surface area contributed by atoms with Crippen molar-refractivity contribution >= 4 is 0 Å². The lowest BCUT2D eigenvalue weighted by Gasteiger charge is -2.46. The highest BCUT2D eigenvalue weighted by atomic mass is 16.5. The molecule has 0 aromatic heterocycles. The zero-order valence-electron chi connectivity index (χ0n) is 16.7. The second-order valence-corrected chi connectivity index (χ2v) is 8.09. The van der Waals surface area contributed by atoms with Crippen molar-refractivity contribution in [2.24, 2.45) is 0 Å². The van der Waals surface area contributed by atoms with E-state index in [1.807, 2.05) is 0 Å². The maximum absolute atomic E-state index is 5.88. The van der Waals surface area contributed by atoms with E-state index in [-0.39, 0.29) is 0 Å². The number of hydrogen-bond acceptors (Lipinski definition) is 4. The van der Waals surface area contributed by atoms with Crippen molar-refractivity contribution in [1.82, 2.24) is 14.7 Å². The van der Waals surface area contributed by atoms with Crippen molar-refractivity contribution in [3.05, 3.63) is 28.8 Å². The first-order chi connectivity index (χ1) is 12.0. The van der Waals surface area contributed by atoms with Gasteiger partial charge in [-0.05, 0) is 49.6 Å². The maximum atomic E-state index is 5.88. The van der Waals surface area contributed by atoms with Crippen LogP contribution in [-0.4, -0.2) is 73.7 Å². The molecule has 2 aliphatic heterocycles. The van der Waals surface area contributed by atoms with E-state index in [0.717, 1.165) is 18.9 Å². The summed E-state index contributed by atoms with van der Waals surface area (Å²) in [6, 6.07) is 5.34. The molecule has 0 unspecified atom stereocenters. The van der Waals surface area contributed by atoms with Crippen molar-refractivity contribution in [3.8, 4) is 5.75 Å². The van der Waals surface area contributed by atoms with E-state index in [9.17, 15) is 0 Å². The third kappa shape index (κ3) is 4.36. The highest BCUT2D eigenvalue weighted by Gasteiger charge is 2.31. The van der Waals surface area contributed by atoms with Crippen molar-refractivity contribution in [1.29, 1.82) is 0 Å². The molecule has 2 saturated heterocycles. The molecule has 0 N–H and O–H groups in total. The van der Waals surface area contributed by atoms with Gasteiger partial charge in [-0.1, -0.05) is 19.9 Å². The summed E-state index contributed by atoms with van der Waals surface area (Å²) in [6.45, 7) is 17.8. The smallest absolute Gasteiger partial charge is 0.123 e. The van der Waals surface area contributed by atoms with Gasteiger partial charge in [-0.15, -0.1) is 0 Å². The SMILES string of the molecule is CCOc1cc(C)c(CN2CCN3CCN(C)C[C@H]3C2)cc1C(C)C. The highest BCUT2D eigenvalue weighted by molar-refractivity contribution is 5.44. The Morgan fingerprint density at radius 1 is 1.12 bits per heavy atom. The molecule has 1 aromatic carbocycles. The molecule has 0 radical (unpaired) electrons. The Kier molecular flexibility index (Phi) is 6.03. The number of likely N-dealkylation sites (N-methyl/N-ethyl adjacent to an activating group) is 1. The predicted molar refractivity (Wildman–Crippen MR) is 105 cm³/mol. The van der Waals surface area contributed by atoms with Crippen LogP contribution in [0.25, 0.3) is 0 Å². The average Bonchev–Trinajstić information content (AvgIpc) is 2.56. The molecule has 4 heteroatoms. The Bertz CT molecular complexity index is 587. The van der Waals surface area contributed by atoms with Gasteiger partial charge < -0.3 is 9.64 Å². The molecule has 4 nitrogen and oxygen atoms in total. The van der Waals surface area contributed by atoms with E-state index in [1.54, 1.807) is 0 Å². The molecule has 0 spiro atoms. The first kappa shape index (κ1) is 18.7. The summed E-state index contributed by atoms with van der Waals surface area (Å²) < 4.78 is 5.88. The largest absolute Gasteiger partial charge is 0.494 e. The Hall–Kier alpha value is -1.10. The van der Waals surface area contributed by atoms with E-state index >= 15 is 0 Å². The highest BCUT2D eigenvalue weighted by Crippen LogP contribution is 2.31. The van der Waals surface area contributed by atoms with Crippen molar-refractivity contribution in [2.75, 3.05) is 52.9 Å². The summed E-state index contributed by atoms with van der Waals surface area (Å²) in [5, 5.41) is 0. The van der Waals surface area contributed by atoms with Gasteiger partial charge in [0, 0.05) is 51.9 Å².